The van der Waals surface area contributed by atoms with Gasteiger partial charge in [0.05, 0.1) is 31.2 Å². The molecule has 8 heteroatoms. The van der Waals surface area contributed by atoms with Crippen molar-refractivity contribution in [2.24, 2.45) is 16.8 Å². The van der Waals surface area contributed by atoms with Crippen LogP contribution in [0, 0.1) is 11.8 Å². The molecular formula is C38H46N4O4. The van der Waals surface area contributed by atoms with E-state index in [2.05, 4.69) is 36.7 Å². The number of aryl methyl sites for hydroxylation is 1. The first-order chi connectivity index (χ1) is 22.3. The van der Waals surface area contributed by atoms with E-state index < -0.39 is 18.1 Å². The van der Waals surface area contributed by atoms with Gasteiger partial charge >= 0.3 is 6.09 Å². The van der Waals surface area contributed by atoms with E-state index in [1.54, 1.807) is 0 Å². The number of carbonyl (C=O) groups excluding carboxylic acids is 2. The van der Waals surface area contributed by atoms with Gasteiger partial charge in [0.1, 0.15) is 6.04 Å². The molecule has 3 aromatic rings. The minimum absolute atomic E-state index is 0.0347. The summed E-state index contributed by atoms with van der Waals surface area (Å²) in [5.74, 6) is 0.141. The Hall–Kier alpha value is -4.43. The number of para-hydroxylation sites is 1. The number of hydrogen-bond acceptors (Lipinski definition) is 6. The molecule has 1 fully saturated rings. The lowest BCUT2D eigenvalue weighted by Crippen LogP contribution is -2.48. The van der Waals surface area contributed by atoms with Crippen LogP contribution < -0.4 is 16.0 Å². The molecular weight excluding hydrogens is 576 g/mol. The molecule has 242 valence electrons. The number of anilines is 1. The Kier molecular flexibility index (Phi) is 11.3. The largest absolute Gasteiger partial charge is 0.453 e. The van der Waals surface area contributed by atoms with Gasteiger partial charge in [-0.1, -0.05) is 92.7 Å². The molecule has 2 amide bonds. The molecule has 5 rings (SSSR count). The van der Waals surface area contributed by atoms with Crippen LogP contribution in [0.1, 0.15) is 62.6 Å². The maximum Gasteiger partial charge on any atom is 0.407 e. The number of ether oxygens (including phenoxy) is 2. The molecule has 8 nitrogen and oxygen atoms in total. The number of alkyl carbamates (subject to hydrolysis) is 1. The van der Waals surface area contributed by atoms with E-state index in [9.17, 15) is 9.59 Å². The maximum atomic E-state index is 14.1. The lowest BCUT2D eigenvalue weighted by molar-refractivity contribution is -0.118. The minimum Gasteiger partial charge on any atom is -0.453 e. The molecule has 0 aromatic heterocycles. The zero-order valence-electron chi connectivity index (χ0n) is 27.3. The zero-order chi connectivity index (χ0) is 32.5. The molecule has 0 aliphatic carbocycles. The van der Waals surface area contributed by atoms with Crippen LogP contribution in [0.4, 0.5) is 10.5 Å². The lowest BCUT2D eigenvalue weighted by Gasteiger charge is -2.29. The lowest BCUT2D eigenvalue weighted by atomic mass is 9.84. The first kappa shape index (κ1) is 32.9. The first-order valence-corrected chi connectivity index (χ1v) is 16.3. The number of carbonyl (C=O) groups is 2. The van der Waals surface area contributed by atoms with Crippen LogP contribution in [0.25, 0.3) is 0 Å². The van der Waals surface area contributed by atoms with Gasteiger partial charge in [0, 0.05) is 29.8 Å². The second kappa shape index (κ2) is 15.7. The van der Waals surface area contributed by atoms with Gasteiger partial charge in [-0.3, -0.25) is 9.79 Å². The Labute approximate surface area is 272 Å². The van der Waals surface area contributed by atoms with Gasteiger partial charge in [0.2, 0.25) is 5.91 Å². The Morgan fingerprint density at radius 3 is 2.20 bits per heavy atom. The van der Waals surface area contributed by atoms with Gasteiger partial charge in [-0.2, -0.15) is 0 Å². The fourth-order valence-corrected chi connectivity index (χ4v) is 6.29. The molecule has 46 heavy (non-hydrogen) atoms. The van der Waals surface area contributed by atoms with Crippen molar-refractivity contribution in [2.75, 3.05) is 25.6 Å². The van der Waals surface area contributed by atoms with Gasteiger partial charge in [-0.15, -0.1) is 0 Å². The summed E-state index contributed by atoms with van der Waals surface area (Å²) < 4.78 is 11.3. The van der Waals surface area contributed by atoms with E-state index in [1.165, 1.54) is 12.8 Å². The van der Waals surface area contributed by atoms with Crippen LogP contribution in [-0.4, -0.2) is 50.1 Å². The van der Waals surface area contributed by atoms with Crippen molar-refractivity contribution in [3.63, 3.8) is 0 Å². The highest BCUT2D eigenvalue weighted by Crippen LogP contribution is 2.31. The molecule has 4 atom stereocenters. The quantitative estimate of drug-likeness (QED) is 0.243. The average molecular weight is 623 g/mol. The van der Waals surface area contributed by atoms with E-state index in [1.807, 2.05) is 84.9 Å². The highest BCUT2D eigenvalue weighted by atomic mass is 16.5. The van der Waals surface area contributed by atoms with Crippen LogP contribution in [0.15, 0.2) is 101 Å². The summed E-state index contributed by atoms with van der Waals surface area (Å²) in [7, 11) is 1.30. The predicted octanol–water partition coefficient (Wildman–Crippen LogP) is 6.84. The van der Waals surface area contributed by atoms with Crippen LogP contribution in [-0.2, 0) is 20.7 Å². The molecule has 0 spiro atoms. The zero-order valence-corrected chi connectivity index (χ0v) is 27.3. The molecule has 4 unspecified atom stereocenters. The number of aliphatic imine (C=N–C) groups is 1. The molecule has 2 heterocycles. The molecule has 2 aliphatic heterocycles. The summed E-state index contributed by atoms with van der Waals surface area (Å²) in [6.45, 7) is 7.87. The number of allylic oxidation sites excluding steroid dienone is 1. The molecule has 3 N–H and O–H groups in total. The third-order valence-electron chi connectivity index (χ3n) is 9.23. The molecule has 0 radical (unpaired) electrons. The fourth-order valence-electron chi connectivity index (χ4n) is 6.29. The molecule has 0 bridgehead atoms. The standard InChI is InChI=1S/C38H46N4O4/c1-25-19-20-26(2)35(40-27(25)3)33-24-46-31(23-39-33)22-21-28-13-11-12-18-32(28)41-37(43)36(42-38(44)45-4)34(29-14-7-5-8-15-29)30-16-9-6-10-17-30/h5-18,25-26,31,34,36,39H,19-24H2,1-4H3,(H,41,43)(H,42,44)/b35-33+. The first-order valence-electron chi connectivity index (χ1n) is 16.3. The second-order valence-electron chi connectivity index (χ2n) is 12.4. The Morgan fingerprint density at radius 1 is 0.935 bits per heavy atom. The Bertz CT molecular complexity index is 1490. The van der Waals surface area contributed by atoms with Crippen molar-refractivity contribution in [2.45, 2.75) is 64.5 Å². The third kappa shape index (κ3) is 8.23. The summed E-state index contributed by atoms with van der Waals surface area (Å²) in [5.41, 5.74) is 6.95. The predicted molar refractivity (Wildman–Crippen MR) is 183 cm³/mol. The van der Waals surface area contributed by atoms with Gasteiger partial charge in [-0.25, -0.2) is 4.79 Å². The van der Waals surface area contributed by atoms with E-state index in [0.29, 0.717) is 30.7 Å². The summed E-state index contributed by atoms with van der Waals surface area (Å²) >= 11 is 0. The SMILES string of the molecule is COC(=O)NC(C(=O)Nc1ccccc1CCC1CN/C(=C2/N=C(C)C(C)CCC2C)CO1)C(c1ccccc1)c1ccccc1. The van der Waals surface area contributed by atoms with Crippen molar-refractivity contribution in [3.05, 3.63) is 113 Å². The van der Waals surface area contributed by atoms with E-state index >= 15 is 0 Å². The molecule has 0 saturated carbocycles. The van der Waals surface area contributed by atoms with Crippen molar-refractivity contribution in [3.8, 4) is 0 Å². The number of hydrogen-bond donors (Lipinski definition) is 3. The molecule has 1 saturated heterocycles. The monoisotopic (exact) mass is 622 g/mol. The highest BCUT2D eigenvalue weighted by molar-refractivity contribution is 5.98. The third-order valence-corrected chi connectivity index (χ3v) is 9.23. The van der Waals surface area contributed by atoms with Gasteiger partial charge in [-0.05, 0) is 61.3 Å². The summed E-state index contributed by atoms with van der Waals surface area (Å²) in [6.07, 6.45) is 3.16. The van der Waals surface area contributed by atoms with Crippen LogP contribution in [0.3, 0.4) is 0 Å². The van der Waals surface area contributed by atoms with Crippen molar-refractivity contribution >= 4 is 23.4 Å². The van der Waals surface area contributed by atoms with Crippen molar-refractivity contribution in [1.82, 2.24) is 10.6 Å². The number of benzene rings is 3. The van der Waals surface area contributed by atoms with Crippen LogP contribution >= 0.6 is 0 Å². The maximum absolute atomic E-state index is 14.1. The number of amides is 2. The minimum atomic E-state index is -0.927. The van der Waals surface area contributed by atoms with Gasteiger partial charge in [0.15, 0.2) is 0 Å². The number of morpholine rings is 1. The number of rotatable bonds is 9. The number of methoxy groups -OCH3 is 1. The summed E-state index contributed by atoms with van der Waals surface area (Å²) in [6, 6.07) is 26.3. The highest BCUT2D eigenvalue weighted by Gasteiger charge is 2.33. The second-order valence-corrected chi connectivity index (χ2v) is 12.4. The van der Waals surface area contributed by atoms with Gasteiger partial charge < -0.3 is 25.4 Å². The van der Waals surface area contributed by atoms with Crippen molar-refractivity contribution < 1.29 is 19.1 Å². The Balaban J connectivity index is 1.30. The topological polar surface area (TPSA) is 101 Å². The number of nitrogens with zero attached hydrogens (tertiary/aromatic N) is 1. The van der Waals surface area contributed by atoms with E-state index in [-0.39, 0.29) is 12.0 Å². The van der Waals surface area contributed by atoms with E-state index in [4.69, 9.17) is 14.5 Å². The van der Waals surface area contributed by atoms with Crippen molar-refractivity contribution in [1.29, 1.82) is 0 Å². The summed E-state index contributed by atoms with van der Waals surface area (Å²) in [4.78, 5) is 31.6. The Morgan fingerprint density at radius 2 is 1.57 bits per heavy atom. The smallest absolute Gasteiger partial charge is 0.407 e. The van der Waals surface area contributed by atoms with Gasteiger partial charge in [0.25, 0.3) is 0 Å². The normalized spacial score (nSPS) is 22.2. The fraction of sp³-hybridized carbons (Fsp3) is 0.395. The summed E-state index contributed by atoms with van der Waals surface area (Å²) in [5, 5.41) is 9.57. The molecule has 2 aliphatic rings. The number of nitrogens with one attached hydrogen (secondary N) is 3. The molecule has 3 aromatic carbocycles. The average Bonchev–Trinajstić information content (AvgIpc) is 3.22. The van der Waals surface area contributed by atoms with Crippen LogP contribution in [0.5, 0.6) is 0 Å². The van der Waals surface area contributed by atoms with Crippen LogP contribution in [0.2, 0.25) is 0 Å². The van der Waals surface area contributed by atoms with E-state index in [0.717, 1.165) is 53.8 Å².